The molecule has 0 aromatic rings. The Balaban J connectivity index is 1.99. The Labute approximate surface area is 87.4 Å². The molecule has 0 amide bonds. The van der Waals surface area contributed by atoms with Crippen molar-refractivity contribution >= 4 is 0 Å². The number of hydrogen-bond donors (Lipinski definition) is 1. The Morgan fingerprint density at radius 1 is 1.43 bits per heavy atom. The molecule has 2 heteroatoms. The zero-order valence-electron chi connectivity index (χ0n) is 9.51. The molecule has 2 aliphatic carbocycles. The standard InChI is InChI=1S/C12H23NO/c1-3-13-8-12(9-14-2)7-10-4-5-11(12)6-10/h10-11,13H,3-9H2,1-2H3. The van der Waals surface area contributed by atoms with E-state index in [0.29, 0.717) is 5.41 Å². The molecule has 3 unspecified atom stereocenters. The summed E-state index contributed by atoms with van der Waals surface area (Å²) in [5, 5.41) is 3.52. The van der Waals surface area contributed by atoms with Gasteiger partial charge in [-0.15, -0.1) is 0 Å². The average Bonchev–Trinajstić information content (AvgIpc) is 2.75. The number of fused-ring (bicyclic) bond motifs is 2. The van der Waals surface area contributed by atoms with Crippen molar-refractivity contribution in [3.63, 3.8) is 0 Å². The Bertz CT molecular complexity index is 195. The molecule has 2 fully saturated rings. The third-order valence-corrected chi connectivity index (χ3v) is 4.26. The number of ether oxygens (including phenoxy) is 1. The molecule has 0 heterocycles. The van der Waals surface area contributed by atoms with Crippen LogP contribution in [0.25, 0.3) is 0 Å². The Kier molecular flexibility index (Phi) is 3.13. The smallest absolute Gasteiger partial charge is 0.0533 e. The summed E-state index contributed by atoms with van der Waals surface area (Å²) in [5.74, 6) is 1.94. The van der Waals surface area contributed by atoms with E-state index in [0.717, 1.165) is 25.0 Å². The van der Waals surface area contributed by atoms with Crippen LogP contribution in [0.4, 0.5) is 0 Å². The van der Waals surface area contributed by atoms with Crippen LogP contribution in [-0.2, 0) is 4.74 Å². The lowest BCUT2D eigenvalue weighted by molar-refractivity contribution is 0.0351. The minimum Gasteiger partial charge on any atom is -0.384 e. The van der Waals surface area contributed by atoms with Gasteiger partial charge in [-0.05, 0) is 37.6 Å². The Morgan fingerprint density at radius 2 is 2.29 bits per heavy atom. The van der Waals surface area contributed by atoms with Gasteiger partial charge in [-0.3, -0.25) is 0 Å². The van der Waals surface area contributed by atoms with Gasteiger partial charge in [0.25, 0.3) is 0 Å². The maximum Gasteiger partial charge on any atom is 0.0533 e. The van der Waals surface area contributed by atoms with Gasteiger partial charge in [0.1, 0.15) is 0 Å². The minimum atomic E-state index is 0.480. The minimum absolute atomic E-state index is 0.480. The number of nitrogens with one attached hydrogen (secondary N) is 1. The Morgan fingerprint density at radius 3 is 2.79 bits per heavy atom. The van der Waals surface area contributed by atoms with E-state index in [9.17, 15) is 0 Å². The van der Waals surface area contributed by atoms with Gasteiger partial charge in [-0.25, -0.2) is 0 Å². The number of methoxy groups -OCH3 is 1. The van der Waals surface area contributed by atoms with Crippen molar-refractivity contribution in [3.05, 3.63) is 0 Å². The van der Waals surface area contributed by atoms with Gasteiger partial charge in [0.2, 0.25) is 0 Å². The van der Waals surface area contributed by atoms with Crippen LogP contribution in [0.1, 0.15) is 32.6 Å². The molecule has 0 aromatic heterocycles. The zero-order valence-corrected chi connectivity index (χ0v) is 9.51. The molecular weight excluding hydrogens is 174 g/mol. The van der Waals surface area contributed by atoms with E-state index in [-0.39, 0.29) is 0 Å². The first-order chi connectivity index (χ1) is 6.80. The van der Waals surface area contributed by atoms with E-state index in [1.807, 2.05) is 7.11 Å². The largest absolute Gasteiger partial charge is 0.384 e. The second-order valence-corrected chi connectivity index (χ2v) is 5.16. The van der Waals surface area contributed by atoms with Crippen molar-refractivity contribution < 1.29 is 4.74 Å². The third kappa shape index (κ3) is 1.70. The summed E-state index contributed by atoms with van der Waals surface area (Å²) in [4.78, 5) is 0. The molecule has 3 atom stereocenters. The first kappa shape index (κ1) is 10.4. The van der Waals surface area contributed by atoms with Crippen LogP contribution in [0.5, 0.6) is 0 Å². The summed E-state index contributed by atoms with van der Waals surface area (Å²) < 4.78 is 5.44. The summed E-state index contributed by atoms with van der Waals surface area (Å²) in [6, 6.07) is 0. The molecule has 0 radical (unpaired) electrons. The van der Waals surface area contributed by atoms with E-state index in [4.69, 9.17) is 4.74 Å². The van der Waals surface area contributed by atoms with Crippen LogP contribution in [0.15, 0.2) is 0 Å². The highest BCUT2D eigenvalue weighted by molar-refractivity contribution is 5.01. The fraction of sp³-hybridized carbons (Fsp3) is 1.00. The van der Waals surface area contributed by atoms with Gasteiger partial charge >= 0.3 is 0 Å². The SMILES string of the molecule is CCNCC1(COC)CC2CCC1C2. The van der Waals surface area contributed by atoms with Gasteiger partial charge in [0.15, 0.2) is 0 Å². The highest BCUT2D eigenvalue weighted by Gasteiger charge is 2.50. The fourth-order valence-corrected chi connectivity index (χ4v) is 3.66. The van der Waals surface area contributed by atoms with Crippen molar-refractivity contribution in [1.29, 1.82) is 0 Å². The van der Waals surface area contributed by atoms with Crippen LogP contribution in [0, 0.1) is 17.3 Å². The van der Waals surface area contributed by atoms with Crippen LogP contribution in [0.2, 0.25) is 0 Å². The second kappa shape index (κ2) is 4.19. The first-order valence-electron chi connectivity index (χ1n) is 6.00. The molecule has 2 aliphatic rings. The normalized spacial score (nSPS) is 40.7. The molecule has 0 saturated heterocycles. The van der Waals surface area contributed by atoms with E-state index < -0.39 is 0 Å². The van der Waals surface area contributed by atoms with Crippen molar-refractivity contribution in [1.82, 2.24) is 5.32 Å². The molecule has 0 aromatic carbocycles. The maximum absolute atomic E-state index is 5.44. The van der Waals surface area contributed by atoms with Crippen LogP contribution >= 0.6 is 0 Å². The quantitative estimate of drug-likeness (QED) is 0.728. The molecule has 2 rings (SSSR count). The molecule has 2 bridgehead atoms. The molecule has 82 valence electrons. The number of hydrogen-bond acceptors (Lipinski definition) is 2. The van der Waals surface area contributed by atoms with Crippen molar-refractivity contribution in [2.75, 3.05) is 26.8 Å². The first-order valence-corrected chi connectivity index (χ1v) is 6.00. The molecule has 14 heavy (non-hydrogen) atoms. The van der Waals surface area contributed by atoms with E-state index in [2.05, 4.69) is 12.2 Å². The molecular formula is C12H23NO. The van der Waals surface area contributed by atoms with Gasteiger partial charge < -0.3 is 10.1 Å². The van der Waals surface area contributed by atoms with Crippen molar-refractivity contribution in [2.45, 2.75) is 32.6 Å². The van der Waals surface area contributed by atoms with E-state index >= 15 is 0 Å². The van der Waals surface area contributed by atoms with Gasteiger partial charge in [0, 0.05) is 19.1 Å². The monoisotopic (exact) mass is 197 g/mol. The maximum atomic E-state index is 5.44. The summed E-state index contributed by atoms with van der Waals surface area (Å²) in [7, 11) is 1.85. The van der Waals surface area contributed by atoms with Crippen molar-refractivity contribution in [3.8, 4) is 0 Å². The lowest BCUT2D eigenvalue weighted by Crippen LogP contribution is -2.42. The van der Waals surface area contributed by atoms with E-state index in [1.165, 1.54) is 32.2 Å². The second-order valence-electron chi connectivity index (χ2n) is 5.16. The summed E-state index contributed by atoms with van der Waals surface area (Å²) in [6.07, 6.45) is 5.79. The highest BCUT2D eigenvalue weighted by Crippen LogP contribution is 2.55. The predicted molar refractivity (Wildman–Crippen MR) is 58.3 cm³/mol. The predicted octanol–water partition coefficient (Wildman–Crippen LogP) is 2.05. The topological polar surface area (TPSA) is 21.3 Å². The summed E-state index contributed by atoms with van der Waals surface area (Å²) in [5.41, 5.74) is 0.480. The van der Waals surface area contributed by atoms with Gasteiger partial charge in [0.05, 0.1) is 6.61 Å². The molecule has 0 aliphatic heterocycles. The molecule has 2 nitrogen and oxygen atoms in total. The van der Waals surface area contributed by atoms with Crippen molar-refractivity contribution in [2.24, 2.45) is 17.3 Å². The summed E-state index contributed by atoms with van der Waals surface area (Å²) >= 11 is 0. The third-order valence-electron chi connectivity index (χ3n) is 4.26. The van der Waals surface area contributed by atoms with Gasteiger partial charge in [-0.1, -0.05) is 13.3 Å². The van der Waals surface area contributed by atoms with Crippen LogP contribution in [0.3, 0.4) is 0 Å². The Hall–Kier alpha value is -0.0800. The van der Waals surface area contributed by atoms with E-state index in [1.54, 1.807) is 0 Å². The fourth-order valence-electron chi connectivity index (χ4n) is 3.66. The lowest BCUT2D eigenvalue weighted by atomic mass is 9.73. The van der Waals surface area contributed by atoms with Crippen LogP contribution in [-0.4, -0.2) is 26.8 Å². The molecule has 1 N–H and O–H groups in total. The molecule has 0 spiro atoms. The lowest BCUT2D eigenvalue weighted by Gasteiger charge is -2.37. The number of rotatable bonds is 5. The van der Waals surface area contributed by atoms with Gasteiger partial charge in [-0.2, -0.15) is 0 Å². The molecule has 2 saturated carbocycles. The van der Waals surface area contributed by atoms with Crippen LogP contribution < -0.4 is 5.32 Å². The zero-order chi connectivity index (χ0) is 10.0. The average molecular weight is 197 g/mol. The highest BCUT2D eigenvalue weighted by atomic mass is 16.5. The summed E-state index contributed by atoms with van der Waals surface area (Å²) in [6.45, 7) is 5.40.